The predicted octanol–water partition coefficient (Wildman–Crippen LogP) is 4.22. The normalized spacial score (nSPS) is 10.8. The minimum atomic E-state index is -0.386. The second kappa shape index (κ2) is 11.5. The van der Waals surface area contributed by atoms with E-state index in [1.165, 1.54) is 24.6 Å². The maximum Gasteiger partial charge on any atom is 0.263 e. The fourth-order valence-corrected chi connectivity index (χ4v) is 2.66. The number of amides is 1. The third-order valence-corrected chi connectivity index (χ3v) is 4.38. The smallest absolute Gasteiger partial charge is 0.263 e. The number of hydrogen-bond donors (Lipinski definition) is 2. The van der Waals surface area contributed by atoms with Crippen molar-refractivity contribution in [2.75, 3.05) is 19.0 Å². The largest absolute Gasteiger partial charge is 0.497 e. The van der Waals surface area contributed by atoms with Crippen LogP contribution in [0.2, 0.25) is 0 Å². The molecule has 2 aromatic carbocycles. The second-order valence-electron chi connectivity index (χ2n) is 6.47. The van der Waals surface area contributed by atoms with E-state index in [0.29, 0.717) is 13.0 Å². The highest BCUT2D eigenvalue weighted by Gasteiger charge is 2.08. The number of carbonyl (C=O) groups is 1. The summed E-state index contributed by atoms with van der Waals surface area (Å²) >= 11 is 0. The Morgan fingerprint density at radius 2 is 1.71 bits per heavy atom. The molecular weight excluding hydrogens is 350 g/mol. The average molecular weight is 377 g/mol. The van der Waals surface area contributed by atoms with E-state index in [1.54, 1.807) is 7.11 Å². The van der Waals surface area contributed by atoms with Crippen LogP contribution >= 0.6 is 0 Å². The first-order valence-corrected chi connectivity index (χ1v) is 9.53. The van der Waals surface area contributed by atoms with Gasteiger partial charge in [-0.05, 0) is 54.7 Å². The fraction of sp³-hybridized carbons (Fsp3) is 0.304. The number of carbonyl (C=O) groups excluding carboxylic acids is 1. The minimum absolute atomic E-state index is 0.0461. The van der Waals surface area contributed by atoms with Crippen LogP contribution < -0.4 is 15.4 Å². The Bertz CT molecular complexity index is 818. The van der Waals surface area contributed by atoms with Crippen LogP contribution in [0.3, 0.4) is 0 Å². The van der Waals surface area contributed by atoms with Gasteiger partial charge in [0.15, 0.2) is 0 Å². The van der Waals surface area contributed by atoms with Gasteiger partial charge >= 0.3 is 0 Å². The molecule has 0 heterocycles. The quantitative estimate of drug-likeness (QED) is 0.480. The van der Waals surface area contributed by atoms with Crippen LogP contribution in [-0.4, -0.2) is 19.6 Å². The van der Waals surface area contributed by atoms with E-state index in [4.69, 9.17) is 4.74 Å². The molecule has 0 aliphatic carbocycles. The topological polar surface area (TPSA) is 74.2 Å². The zero-order chi connectivity index (χ0) is 20.2. The molecule has 0 spiro atoms. The summed E-state index contributed by atoms with van der Waals surface area (Å²) in [6.07, 6.45) is 5.53. The van der Waals surface area contributed by atoms with Gasteiger partial charge in [-0.2, -0.15) is 5.26 Å². The summed E-state index contributed by atoms with van der Waals surface area (Å²) < 4.78 is 5.12. The number of benzene rings is 2. The van der Waals surface area contributed by atoms with Crippen LogP contribution in [0.5, 0.6) is 5.75 Å². The minimum Gasteiger partial charge on any atom is -0.497 e. The van der Waals surface area contributed by atoms with E-state index in [1.807, 2.05) is 42.5 Å². The van der Waals surface area contributed by atoms with Crippen LogP contribution in [0.1, 0.15) is 30.9 Å². The van der Waals surface area contributed by atoms with Gasteiger partial charge in [-0.25, -0.2) is 0 Å². The summed E-state index contributed by atoms with van der Waals surface area (Å²) in [5.41, 5.74) is 3.27. The number of ether oxygens (including phenoxy) is 1. The first-order chi connectivity index (χ1) is 13.7. The summed E-state index contributed by atoms with van der Waals surface area (Å²) in [5, 5.41) is 15.1. The van der Waals surface area contributed by atoms with Gasteiger partial charge in [-0.15, -0.1) is 0 Å². The highest BCUT2D eigenvalue weighted by Crippen LogP contribution is 2.13. The molecule has 2 rings (SSSR count). The molecule has 0 unspecified atom stereocenters. The molecule has 0 radical (unpaired) electrons. The van der Waals surface area contributed by atoms with Crippen molar-refractivity contribution in [3.05, 3.63) is 71.4 Å². The number of unbranched alkanes of at least 4 members (excludes halogenated alkanes) is 1. The molecule has 0 saturated heterocycles. The van der Waals surface area contributed by atoms with E-state index in [0.717, 1.165) is 23.4 Å². The zero-order valence-electron chi connectivity index (χ0n) is 16.5. The van der Waals surface area contributed by atoms with Gasteiger partial charge in [-0.3, -0.25) is 4.79 Å². The third-order valence-electron chi connectivity index (χ3n) is 4.38. The number of nitrogens with zero attached hydrogens (tertiary/aromatic N) is 1. The van der Waals surface area contributed by atoms with Crippen molar-refractivity contribution < 1.29 is 9.53 Å². The summed E-state index contributed by atoms with van der Waals surface area (Å²) in [4.78, 5) is 12.2. The molecule has 0 fully saturated rings. The van der Waals surface area contributed by atoms with Crippen molar-refractivity contribution in [1.82, 2.24) is 5.32 Å². The first-order valence-electron chi connectivity index (χ1n) is 9.53. The van der Waals surface area contributed by atoms with Crippen molar-refractivity contribution in [1.29, 1.82) is 5.26 Å². The van der Waals surface area contributed by atoms with Crippen LogP contribution in [0, 0.1) is 11.3 Å². The molecule has 2 aromatic rings. The lowest BCUT2D eigenvalue weighted by molar-refractivity contribution is -0.117. The molecule has 0 atom stereocenters. The molecule has 2 N–H and O–H groups in total. The molecule has 0 aliphatic rings. The summed E-state index contributed by atoms with van der Waals surface area (Å²) in [6, 6.07) is 17.7. The average Bonchev–Trinajstić information content (AvgIpc) is 2.74. The van der Waals surface area contributed by atoms with Gasteiger partial charge in [-0.1, -0.05) is 37.6 Å². The Kier molecular flexibility index (Phi) is 8.61. The van der Waals surface area contributed by atoms with Crippen molar-refractivity contribution in [3.63, 3.8) is 0 Å². The number of nitriles is 1. The monoisotopic (exact) mass is 377 g/mol. The van der Waals surface area contributed by atoms with E-state index in [9.17, 15) is 10.1 Å². The number of aryl methyl sites for hydroxylation is 1. The number of methoxy groups -OCH3 is 1. The second-order valence-corrected chi connectivity index (χ2v) is 6.47. The predicted molar refractivity (Wildman–Crippen MR) is 112 cm³/mol. The number of hydrogen-bond acceptors (Lipinski definition) is 4. The van der Waals surface area contributed by atoms with Gasteiger partial charge < -0.3 is 15.4 Å². The van der Waals surface area contributed by atoms with Crippen LogP contribution in [0.4, 0.5) is 5.69 Å². The van der Waals surface area contributed by atoms with Crippen molar-refractivity contribution in [2.24, 2.45) is 0 Å². The number of nitrogens with one attached hydrogen (secondary N) is 2. The maximum atomic E-state index is 12.2. The van der Waals surface area contributed by atoms with Gasteiger partial charge in [0.2, 0.25) is 0 Å². The lowest BCUT2D eigenvalue weighted by atomic mass is 10.1. The summed E-state index contributed by atoms with van der Waals surface area (Å²) in [5.74, 6) is 0.412. The van der Waals surface area contributed by atoms with Gasteiger partial charge in [0.1, 0.15) is 17.4 Å². The molecule has 146 valence electrons. The molecule has 1 amide bonds. The fourth-order valence-electron chi connectivity index (χ4n) is 2.66. The lowest BCUT2D eigenvalue weighted by Gasteiger charge is -2.07. The summed E-state index contributed by atoms with van der Waals surface area (Å²) in [7, 11) is 1.62. The van der Waals surface area contributed by atoms with E-state index >= 15 is 0 Å². The van der Waals surface area contributed by atoms with Crippen LogP contribution in [0.25, 0.3) is 0 Å². The first kappa shape index (κ1) is 21.0. The molecular formula is C23H27N3O2. The van der Waals surface area contributed by atoms with Gasteiger partial charge in [0.05, 0.1) is 7.11 Å². The Balaban J connectivity index is 1.83. The Labute approximate surface area is 167 Å². The van der Waals surface area contributed by atoms with Gasteiger partial charge in [0, 0.05) is 18.4 Å². The molecule has 5 heteroatoms. The zero-order valence-corrected chi connectivity index (χ0v) is 16.5. The van der Waals surface area contributed by atoms with Crippen LogP contribution in [-0.2, 0) is 17.6 Å². The highest BCUT2D eigenvalue weighted by molar-refractivity contribution is 5.97. The maximum absolute atomic E-state index is 12.2. The highest BCUT2D eigenvalue weighted by atomic mass is 16.5. The van der Waals surface area contributed by atoms with Crippen LogP contribution in [0.15, 0.2) is 60.3 Å². The SMILES string of the molecule is CCCCc1ccc(N/C=C(/C#N)C(=O)NCCc2ccc(OC)cc2)cc1. The summed E-state index contributed by atoms with van der Waals surface area (Å²) in [6.45, 7) is 2.63. The van der Waals surface area contributed by atoms with Crippen molar-refractivity contribution >= 4 is 11.6 Å². The number of rotatable bonds is 10. The molecule has 0 aromatic heterocycles. The molecule has 28 heavy (non-hydrogen) atoms. The Morgan fingerprint density at radius 3 is 2.32 bits per heavy atom. The van der Waals surface area contributed by atoms with E-state index in [2.05, 4.69) is 29.7 Å². The Hall–Kier alpha value is -3.26. The van der Waals surface area contributed by atoms with E-state index < -0.39 is 0 Å². The standard InChI is InChI=1S/C23H27N3O2/c1-3-4-5-18-6-10-21(11-7-18)26-17-20(16-24)23(27)25-15-14-19-8-12-22(28-2)13-9-19/h6-13,17,26H,3-5,14-15H2,1-2H3,(H,25,27)/b20-17-. The molecule has 0 bridgehead atoms. The molecule has 5 nitrogen and oxygen atoms in total. The van der Waals surface area contributed by atoms with Crippen molar-refractivity contribution in [2.45, 2.75) is 32.6 Å². The third kappa shape index (κ3) is 6.81. The molecule has 0 saturated carbocycles. The van der Waals surface area contributed by atoms with Crippen molar-refractivity contribution in [3.8, 4) is 11.8 Å². The Morgan fingerprint density at radius 1 is 1.07 bits per heavy atom. The lowest BCUT2D eigenvalue weighted by Crippen LogP contribution is -2.27. The van der Waals surface area contributed by atoms with E-state index in [-0.39, 0.29) is 11.5 Å². The molecule has 0 aliphatic heterocycles. The van der Waals surface area contributed by atoms with Gasteiger partial charge in [0.25, 0.3) is 5.91 Å². The number of anilines is 1.